The quantitative estimate of drug-likeness (QED) is 0.508. The Morgan fingerprint density at radius 2 is 2.29 bits per heavy atom. The zero-order chi connectivity index (χ0) is 5.70. The van der Waals surface area contributed by atoms with E-state index in [0.717, 1.165) is 0 Å². The van der Waals surface area contributed by atoms with Crippen LogP contribution in [0.1, 0.15) is 6.92 Å². The van der Waals surface area contributed by atoms with Crippen molar-refractivity contribution < 1.29 is 4.74 Å². The molecule has 0 fully saturated rings. The largest absolute Gasteiger partial charge is 0.378 e. The summed E-state index contributed by atoms with van der Waals surface area (Å²) in [7, 11) is 1.67. The third kappa shape index (κ3) is 3.53. The Morgan fingerprint density at radius 1 is 1.71 bits per heavy atom. The van der Waals surface area contributed by atoms with Crippen molar-refractivity contribution in [3.63, 3.8) is 0 Å². The van der Waals surface area contributed by atoms with Crippen LogP contribution in [0.5, 0.6) is 0 Å². The van der Waals surface area contributed by atoms with Crippen LogP contribution in [0.4, 0.5) is 0 Å². The summed E-state index contributed by atoms with van der Waals surface area (Å²) >= 11 is 0. The molecule has 0 saturated carbocycles. The second-order valence-electron chi connectivity index (χ2n) is 1.37. The molecule has 0 aliphatic rings. The van der Waals surface area contributed by atoms with Gasteiger partial charge in [-0.1, -0.05) is 12.2 Å². The molecule has 0 bridgehead atoms. The lowest BCUT2D eigenvalue weighted by molar-refractivity contribution is 0.156. The fraction of sp³-hybridized carbons (Fsp3) is 0.500. The van der Waals surface area contributed by atoms with Gasteiger partial charge in [0.1, 0.15) is 0 Å². The highest BCUT2D eigenvalue weighted by molar-refractivity contribution is 4.88. The predicted molar refractivity (Wildman–Crippen MR) is 31.0 cm³/mol. The van der Waals surface area contributed by atoms with Gasteiger partial charge in [-0.05, 0) is 13.8 Å². The minimum Gasteiger partial charge on any atom is -0.378 e. The number of hydrogen-bond acceptors (Lipinski definition) is 1. The fourth-order valence-electron chi connectivity index (χ4n) is 0.270. The summed E-state index contributed by atoms with van der Waals surface area (Å²) in [4.78, 5) is 0. The van der Waals surface area contributed by atoms with Crippen LogP contribution in [0.3, 0.4) is 0 Å². The van der Waals surface area contributed by atoms with Gasteiger partial charge in [-0.15, -0.1) is 0 Å². The Balaban J connectivity index is 3.16. The van der Waals surface area contributed by atoms with E-state index in [2.05, 4.69) is 6.92 Å². The van der Waals surface area contributed by atoms with Crippen molar-refractivity contribution in [1.29, 1.82) is 0 Å². The minimum absolute atomic E-state index is 0.206. The van der Waals surface area contributed by atoms with Gasteiger partial charge in [0.15, 0.2) is 0 Å². The van der Waals surface area contributed by atoms with E-state index in [1.807, 2.05) is 13.0 Å². The first-order valence-electron chi connectivity index (χ1n) is 2.30. The minimum atomic E-state index is 0.206. The van der Waals surface area contributed by atoms with Gasteiger partial charge < -0.3 is 4.74 Å². The van der Waals surface area contributed by atoms with Crippen molar-refractivity contribution in [2.45, 2.75) is 13.0 Å². The molecule has 1 radical (unpaired) electrons. The molecule has 0 amide bonds. The first kappa shape index (κ1) is 6.70. The first-order valence-corrected chi connectivity index (χ1v) is 2.30. The van der Waals surface area contributed by atoms with Crippen molar-refractivity contribution in [2.75, 3.05) is 7.11 Å². The number of hydrogen-bond donors (Lipinski definition) is 0. The summed E-state index contributed by atoms with van der Waals surface area (Å²) in [6, 6.07) is 0. The van der Waals surface area contributed by atoms with Crippen molar-refractivity contribution >= 4 is 0 Å². The summed E-state index contributed by atoms with van der Waals surface area (Å²) < 4.78 is 4.86. The number of allylic oxidation sites excluding steroid dienone is 1. The van der Waals surface area contributed by atoms with Gasteiger partial charge in [-0.25, -0.2) is 0 Å². The van der Waals surface area contributed by atoms with Crippen LogP contribution in [-0.2, 0) is 4.74 Å². The second kappa shape index (κ2) is 3.88. The molecule has 0 rings (SSSR count). The van der Waals surface area contributed by atoms with Crippen molar-refractivity contribution in [3.05, 3.63) is 19.1 Å². The molecule has 0 heterocycles. The molecule has 0 aromatic carbocycles. The van der Waals surface area contributed by atoms with Gasteiger partial charge in [0.25, 0.3) is 0 Å². The SMILES string of the molecule is [CH2]/C=C/C(C)OC. The van der Waals surface area contributed by atoms with Crippen LogP contribution in [-0.4, -0.2) is 13.2 Å². The van der Waals surface area contributed by atoms with Gasteiger partial charge in [0.2, 0.25) is 0 Å². The Morgan fingerprint density at radius 3 is 2.43 bits per heavy atom. The van der Waals surface area contributed by atoms with E-state index in [9.17, 15) is 0 Å². The maximum absolute atomic E-state index is 4.86. The van der Waals surface area contributed by atoms with Crippen molar-refractivity contribution in [1.82, 2.24) is 0 Å². The third-order valence-corrected chi connectivity index (χ3v) is 0.779. The van der Waals surface area contributed by atoms with Gasteiger partial charge in [-0.3, -0.25) is 0 Å². The summed E-state index contributed by atoms with van der Waals surface area (Å²) in [6.45, 7) is 5.47. The number of methoxy groups -OCH3 is 1. The maximum Gasteiger partial charge on any atom is 0.0723 e. The highest BCUT2D eigenvalue weighted by Crippen LogP contribution is 1.86. The average molecular weight is 99.2 g/mol. The van der Waals surface area contributed by atoms with E-state index in [1.54, 1.807) is 13.2 Å². The highest BCUT2D eigenvalue weighted by atomic mass is 16.5. The molecule has 1 heteroatoms. The Labute approximate surface area is 45.0 Å². The Kier molecular flexibility index (Phi) is 3.71. The molecular formula is C6H11O. The molecular weight excluding hydrogens is 88.1 g/mol. The monoisotopic (exact) mass is 99.1 g/mol. The van der Waals surface area contributed by atoms with E-state index in [-0.39, 0.29) is 6.10 Å². The molecule has 0 aliphatic carbocycles. The molecule has 1 nitrogen and oxygen atoms in total. The van der Waals surface area contributed by atoms with Crippen molar-refractivity contribution in [3.8, 4) is 0 Å². The average Bonchev–Trinajstić information content (AvgIpc) is 1.68. The number of ether oxygens (including phenoxy) is 1. The molecule has 0 saturated heterocycles. The summed E-state index contributed by atoms with van der Waals surface area (Å²) in [5, 5.41) is 0. The molecule has 7 heavy (non-hydrogen) atoms. The topological polar surface area (TPSA) is 9.23 Å². The summed E-state index contributed by atoms with van der Waals surface area (Å²) in [5.74, 6) is 0. The van der Waals surface area contributed by atoms with Crippen LogP contribution < -0.4 is 0 Å². The van der Waals surface area contributed by atoms with Crippen LogP contribution in [0.2, 0.25) is 0 Å². The zero-order valence-electron chi connectivity index (χ0n) is 4.85. The normalized spacial score (nSPS) is 15.3. The molecule has 41 valence electrons. The zero-order valence-corrected chi connectivity index (χ0v) is 4.85. The molecule has 0 spiro atoms. The molecule has 0 aliphatic heterocycles. The Bertz CT molecular complexity index is 57.2. The predicted octanol–water partition coefficient (Wildman–Crippen LogP) is 1.41. The van der Waals surface area contributed by atoms with Gasteiger partial charge in [0, 0.05) is 7.11 Å². The van der Waals surface area contributed by atoms with Gasteiger partial charge >= 0.3 is 0 Å². The molecule has 1 unspecified atom stereocenters. The molecule has 1 atom stereocenters. The molecule has 0 N–H and O–H groups in total. The summed E-state index contributed by atoms with van der Waals surface area (Å²) in [5.41, 5.74) is 0. The lowest BCUT2D eigenvalue weighted by Gasteiger charge is -1.98. The fourth-order valence-corrected chi connectivity index (χ4v) is 0.270. The van der Waals surface area contributed by atoms with E-state index < -0.39 is 0 Å². The smallest absolute Gasteiger partial charge is 0.0723 e. The van der Waals surface area contributed by atoms with Crippen molar-refractivity contribution in [2.24, 2.45) is 0 Å². The first-order chi connectivity index (χ1) is 3.31. The van der Waals surface area contributed by atoms with E-state index >= 15 is 0 Å². The van der Waals surface area contributed by atoms with Crippen LogP contribution in [0.15, 0.2) is 12.2 Å². The standard InChI is InChI=1S/C6H11O/c1-4-5-6(2)7-3/h4-6H,1H2,2-3H3/b5-4+. The van der Waals surface area contributed by atoms with Gasteiger partial charge in [-0.2, -0.15) is 0 Å². The number of rotatable bonds is 2. The van der Waals surface area contributed by atoms with E-state index in [1.165, 1.54) is 0 Å². The van der Waals surface area contributed by atoms with E-state index in [4.69, 9.17) is 4.74 Å². The highest BCUT2D eigenvalue weighted by Gasteiger charge is 1.85. The lowest BCUT2D eigenvalue weighted by atomic mass is 10.4. The van der Waals surface area contributed by atoms with Crippen LogP contribution in [0, 0.1) is 6.92 Å². The maximum atomic E-state index is 4.86. The van der Waals surface area contributed by atoms with Gasteiger partial charge in [0.05, 0.1) is 6.10 Å². The third-order valence-electron chi connectivity index (χ3n) is 0.779. The van der Waals surface area contributed by atoms with Crippen LogP contribution >= 0.6 is 0 Å². The molecule has 0 aromatic heterocycles. The van der Waals surface area contributed by atoms with E-state index in [0.29, 0.717) is 0 Å². The second-order valence-corrected chi connectivity index (χ2v) is 1.37. The Hall–Kier alpha value is -0.300. The lowest BCUT2D eigenvalue weighted by Crippen LogP contribution is -1.97. The summed E-state index contributed by atoms with van der Waals surface area (Å²) in [6.07, 6.45) is 3.83. The van der Waals surface area contributed by atoms with Crippen LogP contribution in [0.25, 0.3) is 0 Å². The molecule has 0 aromatic rings.